The van der Waals surface area contributed by atoms with Gasteiger partial charge >= 0.3 is 0 Å². The fourth-order valence-electron chi connectivity index (χ4n) is 3.50. The average molecular weight is 380 g/mol. The van der Waals surface area contributed by atoms with Gasteiger partial charge in [0.25, 0.3) is 11.7 Å². The molecular weight excluding hydrogens is 356 g/mol. The number of aryl methyl sites for hydroxylation is 1. The molecule has 28 heavy (non-hydrogen) atoms. The standard InChI is InChI=1S/C22H24N2O4/c1-4-5-11-24-19(15-7-6-10-23-13-15)18(21(26)22(24)27)20(25)17-9-8-16(28-3)12-14(17)2/h6-10,12-13,19,25H,4-5,11H2,1-3H3/b20-18-. The molecule has 1 N–H and O–H groups in total. The van der Waals surface area contributed by atoms with Crippen LogP contribution in [0.25, 0.3) is 5.76 Å². The summed E-state index contributed by atoms with van der Waals surface area (Å²) in [5.74, 6) is -0.777. The number of unbranched alkanes of at least 4 members (excludes halogenated alkanes) is 1. The number of ketones is 1. The Hall–Kier alpha value is -3.15. The highest BCUT2D eigenvalue weighted by atomic mass is 16.5. The highest BCUT2D eigenvalue weighted by Crippen LogP contribution is 2.40. The molecule has 0 bridgehead atoms. The van der Waals surface area contributed by atoms with Crippen molar-refractivity contribution < 1.29 is 19.4 Å². The highest BCUT2D eigenvalue weighted by Gasteiger charge is 2.45. The zero-order chi connectivity index (χ0) is 20.3. The predicted molar refractivity (Wildman–Crippen MR) is 106 cm³/mol. The van der Waals surface area contributed by atoms with Crippen molar-refractivity contribution in [2.45, 2.75) is 32.7 Å². The van der Waals surface area contributed by atoms with Gasteiger partial charge < -0.3 is 14.7 Å². The molecule has 0 radical (unpaired) electrons. The number of nitrogens with zero attached hydrogens (tertiary/aromatic N) is 2. The number of aliphatic hydroxyl groups is 1. The van der Waals surface area contributed by atoms with Crippen molar-refractivity contribution in [3.63, 3.8) is 0 Å². The Balaban J connectivity index is 2.16. The number of aromatic nitrogens is 1. The van der Waals surface area contributed by atoms with Crippen molar-refractivity contribution in [1.82, 2.24) is 9.88 Å². The van der Waals surface area contributed by atoms with Gasteiger partial charge in [-0.25, -0.2) is 0 Å². The van der Waals surface area contributed by atoms with Gasteiger partial charge in [0.15, 0.2) is 0 Å². The second-order valence-electron chi connectivity index (χ2n) is 6.81. The molecule has 0 spiro atoms. The number of carbonyl (C=O) groups excluding carboxylic acids is 2. The van der Waals surface area contributed by atoms with E-state index in [0.717, 1.165) is 18.4 Å². The van der Waals surface area contributed by atoms with Gasteiger partial charge in [-0.05, 0) is 48.7 Å². The number of benzene rings is 1. The number of pyridine rings is 1. The van der Waals surface area contributed by atoms with Crippen LogP contribution in [0, 0.1) is 6.92 Å². The molecule has 1 aliphatic heterocycles. The van der Waals surface area contributed by atoms with Crippen LogP contribution in [0.4, 0.5) is 0 Å². The van der Waals surface area contributed by atoms with E-state index in [2.05, 4.69) is 4.98 Å². The van der Waals surface area contributed by atoms with E-state index in [4.69, 9.17) is 4.74 Å². The third-order valence-electron chi connectivity index (χ3n) is 4.98. The smallest absolute Gasteiger partial charge is 0.295 e. The maximum absolute atomic E-state index is 12.9. The van der Waals surface area contributed by atoms with E-state index < -0.39 is 17.7 Å². The number of Topliss-reactive ketones (excluding diaryl/α,β-unsaturated/α-hetero) is 1. The van der Waals surface area contributed by atoms with Gasteiger partial charge in [0.1, 0.15) is 11.5 Å². The minimum atomic E-state index is -0.669. The van der Waals surface area contributed by atoms with E-state index in [0.29, 0.717) is 23.4 Å². The lowest BCUT2D eigenvalue weighted by molar-refractivity contribution is -0.139. The molecule has 1 atom stereocenters. The first-order valence-corrected chi connectivity index (χ1v) is 9.33. The molecule has 0 saturated carbocycles. The van der Waals surface area contributed by atoms with E-state index in [9.17, 15) is 14.7 Å². The summed E-state index contributed by atoms with van der Waals surface area (Å²) < 4.78 is 5.21. The maximum Gasteiger partial charge on any atom is 0.295 e. The van der Waals surface area contributed by atoms with Crippen molar-refractivity contribution in [3.8, 4) is 5.75 Å². The Morgan fingerprint density at radius 1 is 1.29 bits per heavy atom. The number of aliphatic hydroxyl groups excluding tert-OH is 1. The molecule has 2 aromatic rings. The normalized spacial score (nSPS) is 18.5. The number of hydrogen-bond donors (Lipinski definition) is 1. The monoisotopic (exact) mass is 380 g/mol. The predicted octanol–water partition coefficient (Wildman–Crippen LogP) is 3.62. The van der Waals surface area contributed by atoms with Crippen molar-refractivity contribution in [2.75, 3.05) is 13.7 Å². The summed E-state index contributed by atoms with van der Waals surface area (Å²) in [6.45, 7) is 4.29. The molecular formula is C22H24N2O4. The van der Waals surface area contributed by atoms with Crippen LogP contribution in [0.15, 0.2) is 48.3 Å². The first-order valence-electron chi connectivity index (χ1n) is 9.33. The number of ether oxygens (including phenoxy) is 1. The summed E-state index contributed by atoms with van der Waals surface area (Å²) in [7, 11) is 1.57. The molecule has 1 amide bonds. The number of hydrogen-bond acceptors (Lipinski definition) is 5. The molecule has 0 aliphatic carbocycles. The van der Waals surface area contributed by atoms with E-state index in [1.54, 1.807) is 43.8 Å². The van der Waals surface area contributed by atoms with Crippen LogP contribution in [0.5, 0.6) is 5.75 Å². The summed E-state index contributed by atoms with van der Waals surface area (Å²) in [4.78, 5) is 31.2. The second kappa shape index (κ2) is 8.25. The lowest BCUT2D eigenvalue weighted by Gasteiger charge is -2.25. The highest BCUT2D eigenvalue weighted by molar-refractivity contribution is 6.46. The van der Waals surface area contributed by atoms with Crippen LogP contribution >= 0.6 is 0 Å². The number of carbonyl (C=O) groups is 2. The van der Waals surface area contributed by atoms with Gasteiger partial charge in [-0.15, -0.1) is 0 Å². The molecule has 146 valence electrons. The number of likely N-dealkylation sites (tertiary alicyclic amines) is 1. The number of amides is 1. The fourth-order valence-corrected chi connectivity index (χ4v) is 3.50. The zero-order valence-corrected chi connectivity index (χ0v) is 16.3. The molecule has 6 heteroatoms. The van der Waals surface area contributed by atoms with Crippen molar-refractivity contribution >= 4 is 17.4 Å². The van der Waals surface area contributed by atoms with Crippen LogP contribution in [0.2, 0.25) is 0 Å². The summed E-state index contributed by atoms with van der Waals surface area (Å²) in [6.07, 6.45) is 4.92. The van der Waals surface area contributed by atoms with Gasteiger partial charge in [0, 0.05) is 24.5 Å². The van der Waals surface area contributed by atoms with Gasteiger partial charge in [0.2, 0.25) is 0 Å². The van der Waals surface area contributed by atoms with Crippen LogP contribution in [0.3, 0.4) is 0 Å². The molecule has 2 heterocycles. The Kier molecular flexibility index (Phi) is 5.78. The van der Waals surface area contributed by atoms with Gasteiger partial charge in [-0.3, -0.25) is 14.6 Å². The van der Waals surface area contributed by atoms with Crippen molar-refractivity contribution in [3.05, 3.63) is 65.0 Å². The minimum absolute atomic E-state index is 0.0994. The molecule has 1 saturated heterocycles. The maximum atomic E-state index is 12.9. The van der Waals surface area contributed by atoms with Gasteiger partial charge in [-0.2, -0.15) is 0 Å². The Morgan fingerprint density at radius 3 is 2.68 bits per heavy atom. The average Bonchev–Trinajstić information content (AvgIpc) is 2.97. The molecule has 1 aromatic heterocycles. The Labute approximate surface area is 164 Å². The molecule has 1 fully saturated rings. The zero-order valence-electron chi connectivity index (χ0n) is 16.3. The van der Waals surface area contributed by atoms with Crippen molar-refractivity contribution in [2.24, 2.45) is 0 Å². The van der Waals surface area contributed by atoms with Crippen LogP contribution < -0.4 is 4.74 Å². The lowest BCUT2D eigenvalue weighted by Crippen LogP contribution is -2.30. The van der Waals surface area contributed by atoms with Crippen molar-refractivity contribution in [1.29, 1.82) is 0 Å². The lowest BCUT2D eigenvalue weighted by atomic mass is 9.94. The first kappa shape index (κ1) is 19.6. The molecule has 1 aromatic carbocycles. The summed E-state index contributed by atoms with van der Waals surface area (Å²) in [5.41, 5.74) is 2.05. The third kappa shape index (κ3) is 3.50. The first-order chi connectivity index (χ1) is 13.5. The van der Waals surface area contributed by atoms with Gasteiger partial charge in [-0.1, -0.05) is 19.4 Å². The summed E-state index contributed by atoms with van der Waals surface area (Å²) in [6, 6.07) is 8.12. The van der Waals surface area contributed by atoms with E-state index >= 15 is 0 Å². The number of methoxy groups -OCH3 is 1. The van der Waals surface area contributed by atoms with Crippen LogP contribution in [-0.4, -0.2) is 40.3 Å². The molecule has 1 unspecified atom stereocenters. The van der Waals surface area contributed by atoms with Crippen LogP contribution in [0.1, 0.15) is 42.5 Å². The largest absolute Gasteiger partial charge is 0.507 e. The van der Waals surface area contributed by atoms with Crippen LogP contribution in [-0.2, 0) is 9.59 Å². The SMILES string of the molecule is CCCCN1C(=O)C(=O)/C(=C(\O)c2ccc(OC)cc2C)C1c1cccnc1. The third-order valence-corrected chi connectivity index (χ3v) is 4.98. The number of rotatable bonds is 6. The topological polar surface area (TPSA) is 79.7 Å². The summed E-state index contributed by atoms with van der Waals surface area (Å²) >= 11 is 0. The van der Waals surface area contributed by atoms with E-state index in [1.807, 2.05) is 19.9 Å². The minimum Gasteiger partial charge on any atom is -0.507 e. The Bertz CT molecular complexity index is 921. The molecule has 6 nitrogen and oxygen atoms in total. The molecule has 3 rings (SSSR count). The quantitative estimate of drug-likeness (QED) is 0.470. The van der Waals surface area contributed by atoms with Gasteiger partial charge in [0.05, 0.1) is 18.7 Å². The Morgan fingerprint density at radius 2 is 2.07 bits per heavy atom. The molecule has 1 aliphatic rings. The van der Waals surface area contributed by atoms with E-state index in [-0.39, 0.29) is 11.3 Å². The fraction of sp³-hybridized carbons (Fsp3) is 0.318. The summed E-state index contributed by atoms with van der Waals surface area (Å²) in [5, 5.41) is 11.0. The second-order valence-corrected chi connectivity index (χ2v) is 6.81. The van der Waals surface area contributed by atoms with E-state index in [1.165, 1.54) is 4.90 Å².